The van der Waals surface area contributed by atoms with Gasteiger partial charge in [-0.15, -0.1) is 0 Å². The number of benzene rings is 3. The van der Waals surface area contributed by atoms with Gasteiger partial charge in [0.1, 0.15) is 5.75 Å². The molecule has 1 fully saturated rings. The molecule has 2 aliphatic rings. The lowest BCUT2D eigenvalue weighted by Gasteiger charge is -2.14. The SMILES string of the molecule is COc1ccccc1C1=Cc2cc(C(=O)NC3CCCC3)ccc2Sc2ccccc21. The quantitative estimate of drug-likeness (QED) is 0.408. The lowest BCUT2D eigenvalue weighted by molar-refractivity contribution is 0.0938. The third-order valence-corrected chi connectivity index (χ3v) is 7.22. The molecule has 1 aliphatic carbocycles. The van der Waals surface area contributed by atoms with Crippen molar-refractivity contribution < 1.29 is 9.53 Å². The number of nitrogens with one attached hydrogen (secondary N) is 1. The van der Waals surface area contributed by atoms with Crippen LogP contribution in [-0.4, -0.2) is 19.1 Å². The van der Waals surface area contributed by atoms with Crippen LogP contribution in [0.4, 0.5) is 0 Å². The molecular formula is C27H25NO2S. The van der Waals surface area contributed by atoms with E-state index in [4.69, 9.17) is 4.74 Å². The Kier molecular flexibility index (Phi) is 5.56. The molecule has 1 amide bonds. The zero-order valence-corrected chi connectivity index (χ0v) is 18.4. The Morgan fingerprint density at radius 1 is 0.935 bits per heavy atom. The van der Waals surface area contributed by atoms with Gasteiger partial charge >= 0.3 is 0 Å². The number of para-hydroxylation sites is 1. The number of rotatable bonds is 4. The first-order valence-electron chi connectivity index (χ1n) is 10.8. The van der Waals surface area contributed by atoms with Crippen LogP contribution >= 0.6 is 11.8 Å². The van der Waals surface area contributed by atoms with Crippen molar-refractivity contribution in [2.45, 2.75) is 41.5 Å². The molecule has 0 saturated heterocycles. The zero-order chi connectivity index (χ0) is 21.2. The molecule has 1 heterocycles. The topological polar surface area (TPSA) is 38.3 Å². The number of carbonyl (C=O) groups is 1. The molecular weight excluding hydrogens is 402 g/mol. The predicted octanol–water partition coefficient (Wildman–Crippen LogP) is 6.42. The monoisotopic (exact) mass is 427 g/mol. The summed E-state index contributed by atoms with van der Waals surface area (Å²) in [6.45, 7) is 0. The Hall–Kier alpha value is -2.98. The lowest BCUT2D eigenvalue weighted by Crippen LogP contribution is -2.32. The first-order valence-corrected chi connectivity index (χ1v) is 11.6. The van der Waals surface area contributed by atoms with Crippen molar-refractivity contribution in [3.8, 4) is 5.75 Å². The Morgan fingerprint density at radius 3 is 2.48 bits per heavy atom. The molecule has 3 nitrogen and oxygen atoms in total. The highest BCUT2D eigenvalue weighted by Crippen LogP contribution is 2.44. The highest BCUT2D eigenvalue weighted by Gasteiger charge is 2.22. The highest BCUT2D eigenvalue weighted by atomic mass is 32.2. The van der Waals surface area contributed by atoms with Crippen molar-refractivity contribution in [1.82, 2.24) is 5.32 Å². The smallest absolute Gasteiger partial charge is 0.251 e. The van der Waals surface area contributed by atoms with E-state index in [0.29, 0.717) is 11.6 Å². The van der Waals surface area contributed by atoms with E-state index in [9.17, 15) is 4.79 Å². The average Bonchev–Trinajstić information content (AvgIpc) is 3.25. The van der Waals surface area contributed by atoms with Crippen molar-refractivity contribution in [1.29, 1.82) is 0 Å². The summed E-state index contributed by atoms with van der Waals surface area (Å²) in [4.78, 5) is 15.2. The largest absolute Gasteiger partial charge is 0.496 e. The Bertz CT molecular complexity index is 1160. The second-order valence-corrected chi connectivity index (χ2v) is 9.15. The van der Waals surface area contributed by atoms with Gasteiger partial charge in [0.2, 0.25) is 0 Å². The van der Waals surface area contributed by atoms with Crippen LogP contribution in [0.5, 0.6) is 5.75 Å². The van der Waals surface area contributed by atoms with Crippen LogP contribution in [0, 0.1) is 0 Å². The molecule has 5 rings (SSSR count). The number of fused-ring (bicyclic) bond motifs is 2. The third kappa shape index (κ3) is 4.00. The summed E-state index contributed by atoms with van der Waals surface area (Å²) in [6.07, 6.45) is 6.77. The fourth-order valence-corrected chi connectivity index (χ4v) is 5.50. The van der Waals surface area contributed by atoms with Gasteiger partial charge in [-0.1, -0.05) is 61.0 Å². The number of methoxy groups -OCH3 is 1. The molecule has 1 aliphatic heterocycles. The summed E-state index contributed by atoms with van der Waals surface area (Å²) < 4.78 is 5.67. The molecule has 0 bridgehead atoms. The van der Waals surface area contributed by atoms with E-state index in [0.717, 1.165) is 40.2 Å². The van der Waals surface area contributed by atoms with Gasteiger partial charge in [-0.3, -0.25) is 4.79 Å². The van der Waals surface area contributed by atoms with Gasteiger partial charge in [-0.05, 0) is 65.9 Å². The Morgan fingerprint density at radius 2 is 1.68 bits per heavy atom. The van der Waals surface area contributed by atoms with Gasteiger partial charge in [0.05, 0.1) is 7.11 Å². The van der Waals surface area contributed by atoms with Crippen molar-refractivity contribution in [3.63, 3.8) is 0 Å². The lowest BCUT2D eigenvalue weighted by atomic mass is 9.94. The number of hydrogen-bond donors (Lipinski definition) is 1. The standard InChI is InChI=1S/C27H25NO2S/c1-30-24-12-6-4-10-21(24)23-17-19-16-18(27(29)28-20-8-2-3-9-20)14-15-25(19)31-26-13-7-5-11-22(23)26/h4-7,10-17,20H,2-3,8-9H2,1H3,(H,28,29). The maximum Gasteiger partial charge on any atom is 0.251 e. The second kappa shape index (κ2) is 8.64. The van der Waals surface area contributed by atoms with E-state index in [-0.39, 0.29) is 5.91 Å². The molecule has 1 saturated carbocycles. The summed E-state index contributed by atoms with van der Waals surface area (Å²) in [5, 5.41) is 3.21. The number of ether oxygens (including phenoxy) is 1. The van der Waals surface area contributed by atoms with Crippen molar-refractivity contribution in [3.05, 3.63) is 89.0 Å². The highest BCUT2D eigenvalue weighted by molar-refractivity contribution is 7.99. The van der Waals surface area contributed by atoms with Crippen molar-refractivity contribution in [2.75, 3.05) is 7.11 Å². The summed E-state index contributed by atoms with van der Waals surface area (Å²) in [5.74, 6) is 0.862. The van der Waals surface area contributed by atoms with Gasteiger partial charge in [-0.25, -0.2) is 0 Å². The first-order chi connectivity index (χ1) is 15.2. The third-order valence-electron chi connectivity index (χ3n) is 6.06. The average molecular weight is 428 g/mol. The number of hydrogen-bond acceptors (Lipinski definition) is 3. The Labute approximate surface area is 187 Å². The second-order valence-electron chi connectivity index (χ2n) is 8.06. The maximum absolute atomic E-state index is 12.9. The molecule has 31 heavy (non-hydrogen) atoms. The molecule has 156 valence electrons. The minimum absolute atomic E-state index is 0.0219. The molecule has 0 atom stereocenters. The van der Waals surface area contributed by atoms with Crippen molar-refractivity contribution >= 4 is 29.3 Å². The van der Waals surface area contributed by atoms with Crippen LogP contribution in [0.3, 0.4) is 0 Å². The van der Waals surface area contributed by atoms with E-state index in [1.165, 1.54) is 23.3 Å². The van der Waals surface area contributed by atoms with E-state index in [1.807, 2.05) is 30.3 Å². The molecule has 3 aromatic rings. The van der Waals surface area contributed by atoms with Gasteiger partial charge in [0, 0.05) is 27.0 Å². The summed E-state index contributed by atoms with van der Waals surface area (Å²) >= 11 is 1.74. The molecule has 1 N–H and O–H groups in total. The molecule has 4 heteroatoms. The first kappa shape index (κ1) is 20.0. The molecule has 0 spiro atoms. The minimum atomic E-state index is 0.0219. The molecule has 0 aromatic heterocycles. The predicted molar refractivity (Wildman–Crippen MR) is 127 cm³/mol. The molecule has 0 unspecified atom stereocenters. The van der Waals surface area contributed by atoms with E-state index in [1.54, 1.807) is 18.9 Å². The van der Waals surface area contributed by atoms with Gasteiger partial charge in [-0.2, -0.15) is 0 Å². The van der Waals surface area contributed by atoms with Gasteiger partial charge in [0.15, 0.2) is 0 Å². The number of amides is 1. The van der Waals surface area contributed by atoms with Crippen LogP contribution < -0.4 is 10.1 Å². The maximum atomic E-state index is 12.9. The van der Waals surface area contributed by atoms with Crippen LogP contribution in [0.2, 0.25) is 0 Å². The van der Waals surface area contributed by atoms with E-state index >= 15 is 0 Å². The summed E-state index contributed by atoms with van der Waals surface area (Å²) in [7, 11) is 1.70. The minimum Gasteiger partial charge on any atom is -0.496 e. The van der Waals surface area contributed by atoms with Crippen LogP contribution in [-0.2, 0) is 0 Å². The van der Waals surface area contributed by atoms with E-state index < -0.39 is 0 Å². The Balaban J connectivity index is 1.60. The van der Waals surface area contributed by atoms with Gasteiger partial charge < -0.3 is 10.1 Å². The normalized spacial score (nSPS) is 15.5. The number of carbonyl (C=O) groups excluding carboxylic acids is 1. The van der Waals surface area contributed by atoms with Crippen LogP contribution in [0.15, 0.2) is 76.5 Å². The van der Waals surface area contributed by atoms with Crippen LogP contribution in [0.25, 0.3) is 11.6 Å². The van der Waals surface area contributed by atoms with Crippen LogP contribution in [0.1, 0.15) is 52.7 Å². The fraction of sp³-hybridized carbons (Fsp3) is 0.222. The van der Waals surface area contributed by atoms with Gasteiger partial charge in [0.25, 0.3) is 5.91 Å². The zero-order valence-electron chi connectivity index (χ0n) is 17.6. The summed E-state index contributed by atoms with van der Waals surface area (Å²) in [6, 6.07) is 22.9. The molecule has 3 aromatic carbocycles. The van der Waals surface area contributed by atoms with Crippen molar-refractivity contribution in [2.24, 2.45) is 0 Å². The van der Waals surface area contributed by atoms with E-state index in [2.05, 4.69) is 47.8 Å². The summed E-state index contributed by atoms with van der Waals surface area (Å²) in [5.41, 5.74) is 5.10. The fourth-order valence-electron chi connectivity index (χ4n) is 4.45. The molecule has 0 radical (unpaired) electrons.